The molecule has 0 bridgehead atoms. The number of para-hydroxylation sites is 1. The largest absolute Gasteiger partial charge is 0.496 e. The quantitative estimate of drug-likeness (QED) is 0.616. The standard InChI is InChI=1S/C22H27N5O/c1-17-16-21(27(2)15-11-18-8-12-23-13-9-18)26-22(25-17)24-14-10-19-6-4-5-7-20(19)28-3/h4-9,12-13,16H,10-11,14-15H2,1-3H3,(H,24,25,26). The summed E-state index contributed by atoms with van der Waals surface area (Å²) in [6, 6.07) is 14.2. The van der Waals surface area contributed by atoms with E-state index in [1.807, 2.05) is 55.7 Å². The highest BCUT2D eigenvalue weighted by molar-refractivity contribution is 5.44. The van der Waals surface area contributed by atoms with Crippen LogP contribution in [0.3, 0.4) is 0 Å². The maximum atomic E-state index is 5.41. The average molecular weight is 377 g/mol. The normalized spacial score (nSPS) is 10.5. The van der Waals surface area contributed by atoms with Gasteiger partial charge in [0.1, 0.15) is 11.6 Å². The van der Waals surface area contributed by atoms with Gasteiger partial charge in [-0.15, -0.1) is 0 Å². The number of anilines is 2. The van der Waals surface area contributed by atoms with Crippen molar-refractivity contribution in [1.29, 1.82) is 0 Å². The molecule has 3 aromatic rings. The molecule has 0 saturated carbocycles. The predicted octanol–water partition coefficient (Wildman–Crippen LogP) is 3.52. The molecule has 1 aromatic carbocycles. The number of hydrogen-bond donors (Lipinski definition) is 1. The van der Waals surface area contributed by atoms with Gasteiger partial charge in [0.05, 0.1) is 7.11 Å². The second-order valence-electron chi connectivity index (χ2n) is 6.71. The van der Waals surface area contributed by atoms with Crippen molar-refractivity contribution in [3.8, 4) is 5.75 Å². The molecule has 0 fully saturated rings. The molecule has 3 rings (SSSR count). The van der Waals surface area contributed by atoms with Crippen molar-refractivity contribution >= 4 is 11.8 Å². The van der Waals surface area contributed by atoms with E-state index in [9.17, 15) is 0 Å². The van der Waals surface area contributed by atoms with Crippen LogP contribution in [0.15, 0.2) is 54.9 Å². The Kier molecular flexibility index (Phi) is 6.78. The number of rotatable bonds is 9. The van der Waals surface area contributed by atoms with Crippen LogP contribution < -0.4 is 15.0 Å². The zero-order chi connectivity index (χ0) is 19.8. The van der Waals surface area contributed by atoms with Crippen LogP contribution in [0.1, 0.15) is 16.8 Å². The molecule has 0 aliphatic carbocycles. The molecular weight excluding hydrogens is 350 g/mol. The van der Waals surface area contributed by atoms with Crippen LogP contribution in [0.25, 0.3) is 0 Å². The van der Waals surface area contributed by atoms with E-state index in [0.717, 1.165) is 43.2 Å². The van der Waals surface area contributed by atoms with E-state index in [0.29, 0.717) is 5.95 Å². The first-order valence-corrected chi connectivity index (χ1v) is 9.47. The van der Waals surface area contributed by atoms with Gasteiger partial charge in [0.25, 0.3) is 0 Å². The highest BCUT2D eigenvalue weighted by Gasteiger charge is 2.08. The van der Waals surface area contributed by atoms with Gasteiger partial charge in [0, 0.05) is 44.3 Å². The zero-order valence-corrected chi connectivity index (χ0v) is 16.7. The smallest absolute Gasteiger partial charge is 0.224 e. The number of likely N-dealkylation sites (N-methyl/N-ethyl adjacent to an activating group) is 1. The van der Waals surface area contributed by atoms with Crippen LogP contribution in [0.2, 0.25) is 0 Å². The minimum absolute atomic E-state index is 0.653. The molecule has 2 aromatic heterocycles. The Morgan fingerprint density at radius 1 is 1.04 bits per heavy atom. The highest BCUT2D eigenvalue weighted by Crippen LogP contribution is 2.18. The molecule has 0 saturated heterocycles. The number of hydrogen-bond acceptors (Lipinski definition) is 6. The number of benzene rings is 1. The van der Waals surface area contributed by atoms with Gasteiger partial charge in [-0.1, -0.05) is 18.2 Å². The number of aryl methyl sites for hydroxylation is 1. The van der Waals surface area contributed by atoms with E-state index in [2.05, 4.69) is 38.3 Å². The molecule has 0 aliphatic rings. The summed E-state index contributed by atoms with van der Waals surface area (Å²) in [5.74, 6) is 2.48. The third-order valence-corrected chi connectivity index (χ3v) is 4.59. The van der Waals surface area contributed by atoms with E-state index < -0.39 is 0 Å². The lowest BCUT2D eigenvalue weighted by Crippen LogP contribution is -2.22. The lowest BCUT2D eigenvalue weighted by Gasteiger charge is -2.19. The third kappa shape index (κ3) is 5.42. The molecule has 0 unspecified atom stereocenters. The molecule has 28 heavy (non-hydrogen) atoms. The van der Waals surface area contributed by atoms with Gasteiger partial charge in [-0.25, -0.2) is 4.98 Å². The van der Waals surface area contributed by atoms with Crippen LogP contribution in [0.4, 0.5) is 11.8 Å². The summed E-state index contributed by atoms with van der Waals surface area (Å²) in [7, 11) is 3.76. The van der Waals surface area contributed by atoms with Crippen molar-refractivity contribution in [2.24, 2.45) is 0 Å². The Balaban J connectivity index is 1.59. The van der Waals surface area contributed by atoms with E-state index in [-0.39, 0.29) is 0 Å². The summed E-state index contributed by atoms with van der Waals surface area (Å²) in [6.45, 7) is 3.61. The van der Waals surface area contributed by atoms with Crippen molar-refractivity contribution in [1.82, 2.24) is 15.0 Å². The molecule has 0 aliphatic heterocycles. The van der Waals surface area contributed by atoms with Gasteiger partial charge in [-0.05, 0) is 49.1 Å². The summed E-state index contributed by atoms with van der Waals surface area (Å²) >= 11 is 0. The number of pyridine rings is 1. The van der Waals surface area contributed by atoms with E-state index in [4.69, 9.17) is 4.74 Å². The van der Waals surface area contributed by atoms with Crippen molar-refractivity contribution in [2.75, 3.05) is 37.5 Å². The molecule has 2 heterocycles. The number of ether oxygens (including phenoxy) is 1. The van der Waals surface area contributed by atoms with Gasteiger partial charge in [0.15, 0.2) is 0 Å². The van der Waals surface area contributed by atoms with Crippen molar-refractivity contribution in [3.63, 3.8) is 0 Å². The summed E-state index contributed by atoms with van der Waals surface area (Å²) in [6.07, 6.45) is 5.44. The van der Waals surface area contributed by atoms with Gasteiger partial charge in [0.2, 0.25) is 5.95 Å². The Morgan fingerprint density at radius 2 is 1.82 bits per heavy atom. The van der Waals surface area contributed by atoms with E-state index >= 15 is 0 Å². The summed E-state index contributed by atoms with van der Waals surface area (Å²) in [5, 5.41) is 3.34. The second-order valence-corrected chi connectivity index (χ2v) is 6.71. The lowest BCUT2D eigenvalue weighted by atomic mass is 10.1. The fraction of sp³-hybridized carbons (Fsp3) is 0.318. The Labute approximate surface area is 166 Å². The molecule has 6 heteroatoms. The van der Waals surface area contributed by atoms with Crippen molar-refractivity contribution < 1.29 is 4.74 Å². The number of nitrogens with one attached hydrogen (secondary N) is 1. The number of methoxy groups -OCH3 is 1. The fourth-order valence-electron chi connectivity index (χ4n) is 3.01. The van der Waals surface area contributed by atoms with Crippen LogP contribution in [0.5, 0.6) is 5.75 Å². The average Bonchev–Trinajstić information content (AvgIpc) is 2.72. The van der Waals surface area contributed by atoms with Gasteiger partial charge < -0.3 is 15.0 Å². The molecule has 0 atom stereocenters. The fourth-order valence-corrected chi connectivity index (χ4v) is 3.01. The predicted molar refractivity (Wildman–Crippen MR) is 113 cm³/mol. The van der Waals surface area contributed by atoms with Crippen molar-refractivity contribution in [3.05, 3.63) is 71.7 Å². The first-order valence-electron chi connectivity index (χ1n) is 9.47. The Hall–Kier alpha value is -3.15. The van der Waals surface area contributed by atoms with Crippen LogP contribution in [0, 0.1) is 6.92 Å². The Morgan fingerprint density at radius 3 is 2.61 bits per heavy atom. The minimum Gasteiger partial charge on any atom is -0.496 e. The number of aromatic nitrogens is 3. The first kappa shape index (κ1) is 19.6. The third-order valence-electron chi connectivity index (χ3n) is 4.59. The van der Waals surface area contributed by atoms with Gasteiger partial charge >= 0.3 is 0 Å². The lowest BCUT2D eigenvalue weighted by molar-refractivity contribution is 0.410. The summed E-state index contributed by atoms with van der Waals surface area (Å²) < 4.78 is 5.41. The van der Waals surface area contributed by atoms with Crippen LogP contribution in [-0.4, -0.2) is 42.2 Å². The molecular formula is C22H27N5O. The maximum Gasteiger partial charge on any atom is 0.224 e. The molecule has 146 valence electrons. The Bertz CT molecular complexity index is 885. The zero-order valence-electron chi connectivity index (χ0n) is 16.7. The van der Waals surface area contributed by atoms with Crippen LogP contribution >= 0.6 is 0 Å². The monoisotopic (exact) mass is 377 g/mol. The highest BCUT2D eigenvalue weighted by atomic mass is 16.5. The van der Waals surface area contributed by atoms with Crippen molar-refractivity contribution in [2.45, 2.75) is 19.8 Å². The molecule has 1 N–H and O–H groups in total. The van der Waals surface area contributed by atoms with E-state index in [1.54, 1.807) is 7.11 Å². The molecule has 6 nitrogen and oxygen atoms in total. The summed E-state index contributed by atoms with van der Waals surface area (Å²) in [4.78, 5) is 15.4. The minimum atomic E-state index is 0.653. The van der Waals surface area contributed by atoms with Crippen LogP contribution in [-0.2, 0) is 12.8 Å². The maximum absolute atomic E-state index is 5.41. The SMILES string of the molecule is COc1ccccc1CCNc1nc(C)cc(N(C)CCc2ccncc2)n1. The summed E-state index contributed by atoms with van der Waals surface area (Å²) in [5.41, 5.74) is 3.38. The number of nitrogens with zero attached hydrogens (tertiary/aromatic N) is 4. The molecule has 0 amide bonds. The topological polar surface area (TPSA) is 63.2 Å². The first-order chi connectivity index (χ1) is 13.7. The second kappa shape index (κ2) is 9.69. The molecule has 0 spiro atoms. The molecule has 0 radical (unpaired) electrons. The van der Waals surface area contributed by atoms with Gasteiger partial charge in [-0.3, -0.25) is 4.98 Å². The van der Waals surface area contributed by atoms with Gasteiger partial charge in [-0.2, -0.15) is 4.98 Å². The van der Waals surface area contributed by atoms with E-state index in [1.165, 1.54) is 11.1 Å².